The Morgan fingerprint density at radius 1 is 1.29 bits per heavy atom. The second-order valence-corrected chi connectivity index (χ2v) is 5.24. The number of hydrogen-bond acceptors (Lipinski definition) is 6. The first-order valence-corrected chi connectivity index (χ1v) is 7.24. The molecule has 21 heavy (non-hydrogen) atoms. The molecule has 104 valence electrons. The molecule has 0 saturated carbocycles. The molecule has 0 aliphatic rings. The number of furan rings is 1. The lowest BCUT2D eigenvalue weighted by Gasteiger charge is -2.03. The maximum Gasteiger partial charge on any atom is 0.210 e. The number of aromatic nitrogens is 4. The third-order valence-corrected chi connectivity index (χ3v) is 3.84. The molecule has 0 spiro atoms. The van der Waals surface area contributed by atoms with Crippen molar-refractivity contribution in [2.75, 3.05) is 0 Å². The average Bonchev–Trinajstić information content (AvgIpc) is 3.18. The smallest absolute Gasteiger partial charge is 0.210 e. The first-order valence-electron chi connectivity index (χ1n) is 6.25. The number of benzene rings is 1. The third-order valence-electron chi connectivity index (χ3n) is 2.81. The van der Waals surface area contributed by atoms with Gasteiger partial charge >= 0.3 is 0 Å². The molecule has 0 aliphatic carbocycles. The second-order valence-electron chi connectivity index (χ2n) is 4.30. The van der Waals surface area contributed by atoms with Crippen molar-refractivity contribution >= 4 is 11.8 Å². The van der Waals surface area contributed by atoms with Crippen LogP contribution in [0.2, 0.25) is 0 Å². The standard InChI is InChI=1S/C14H11N5OS/c15-8-11-3-1-4-12(7-11)10-21-14-16-17-18-19(14)9-13-5-2-6-20-13/h1-7H,9-10H2. The van der Waals surface area contributed by atoms with Crippen LogP contribution in [-0.4, -0.2) is 20.2 Å². The van der Waals surface area contributed by atoms with E-state index in [1.54, 1.807) is 17.0 Å². The summed E-state index contributed by atoms with van der Waals surface area (Å²) >= 11 is 1.52. The number of nitriles is 1. The van der Waals surface area contributed by atoms with Gasteiger partial charge in [0.25, 0.3) is 0 Å². The Morgan fingerprint density at radius 2 is 2.24 bits per heavy atom. The average molecular weight is 297 g/mol. The summed E-state index contributed by atoms with van der Waals surface area (Å²) in [4.78, 5) is 0. The molecule has 0 N–H and O–H groups in total. The molecule has 0 unspecified atom stereocenters. The summed E-state index contributed by atoms with van der Waals surface area (Å²) in [6, 6.07) is 13.4. The van der Waals surface area contributed by atoms with Gasteiger partial charge in [0.15, 0.2) is 0 Å². The van der Waals surface area contributed by atoms with Crippen LogP contribution in [0, 0.1) is 11.3 Å². The lowest BCUT2D eigenvalue weighted by atomic mass is 10.2. The quantitative estimate of drug-likeness (QED) is 0.673. The normalized spacial score (nSPS) is 10.4. The molecule has 2 aromatic heterocycles. The maximum absolute atomic E-state index is 8.90. The van der Waals surface area contributed by atoms with Crippen molar-refractivity contribution in [1.82, 2.24) is 20.2 Å². The summed E-state index contributed by atoms with van der Waals surface area (Å²) in [6.07, 6.45) is 1.62. The highest BCUT2D eigenvalue weighted by molar-refractivity contribution is 7.98. The zero-order valence-corrected chi connectivity index (χ0v) is 11.8. The van der Waals surface area contributed by atoms with E-state index in [1.165, 1.54) is 11.8 Å². The van der Waals surface area contributed by atoms with Gasteiger partial charge < -0.3 is 4.42 Å². The van der Waals surface area contributed by atoms with Crippen LogP contribution in [0.1, 0.15) is 16.9 Å². The van der Waals surface area contributed by atoms with Crippen LogP contribution in [-0.2, 0) is 12.3 Å². The van der Waals surface area contributed by atoms with Crippen LogP contribution in [0.25, 0.3) is 0 Å². The fourth-order valence-electron chi connectivity index (χ4n) is 1.83. The zero-order chi connectivity index (χ0) is 14.5. The van der Waals surface area contributed by atoms with Crippen LogP contribution in [0.15, 0.2) is 52.2 Å². The molecule has 1 aromatic carbocycles. The molecule has 0 aliphatic heterocycles. The zero-order valence-electron chi connectivity index (χ0n) is 11.0. The van der Waals surface area contributed by atoms with Gasteiger partial charge in [-0.25, -0.2) is 4.68 Å². The van der Waals surface area contributed by atoms with Crippen molar-refractivity contribution in [3.8, 4) is 6.07 Å². The van der Waals surface area contributed by atoms with E-state index in [1.807, 2.05) is 30.3 Å². The summed E-state index contributed by atoms with van der Waals surface area (Å²) in [7, 11) is 0. The number of tetrazole rings is 1. The fraction of sp³-hybridized carbons (Fsp3) is 0.143. The highest BCUT2D eigenvalue weighted by Gasteiger charge is 2.09. The van der Waals surface area contributed by atoms with Gasteiger partial charge in [0, 0.05) is 5.75 Å². The fourth-order valence-corrected chi connectivity index (χ4v) is 2.65. The van der Waals surface area contributed by atoms with Gasteiger partial charge in [-0.15, -0.1) is 5.10 Å². The van der Waals surface area contributed by atoms with E-state index < -0.39 is 0 Å². The predicted octanol–water partition coefficient (Wildman–Crippen LogP) is 2.48. The van der Waals surface area contributed by atoms with Gasteiger partial charge in [0.1, 0.15) is 12.3 Å². The number of nitrogens with zero attached hydrogens (tertiary/aromatic N) is 5. The van der Waals surface area contributed by atoms with Crippen LogP contribution < -0.4 is 0 Å². The highest BCUT2D eigenvalue weighted by atomic mass is 32.2. The van der Waals surface area contributed by atoms with E-state index in [2.05, 4.69) is 21.6 Å². The molecule has 0 saturated heterocycles. The molecule has 3 aromatic rings. The number of hydrogen-bond donors (Lipinski definition) is 0. The summed E-state index contributed by atoms with van der Waals surface area (Å²) in [5.41, 5.74) is 1.72. The summed E-state index contributed by atoms with van der Waals surface area (Å²) in [5.74, 6) is 1.50. The number of thioether (sulfide) groups is 1. The van der Waals surface area contributed by atoms with E-state index in [-0.39, 0.29) is 0 Å². The topological polar surface area (TPSA) is 80.5 Å². The van der Waals surface area contributed by atoms with Crippen molar-refractivity contribution in [2.24, 2.45) is 0 Å². The monoisotopic (exact) mass is 297 g/mol. The Morgan fingerprint density at radius 3 is 3.05 bits per heavy atom. The van der Waals surface area contributed by atoms with E-state index in [4.69, 9.17) is 9.68 Å². The summed E-state index contributed by atoms with van der Waals surface area (Å²) in [6.45, 7) is 0.501. The first-order chi connectivity index (χ1) is 10.3. The molecule has 2 heterocycles. The minimum atomic E-state index is 0.501. The Kier molecular flexibility index (Phi) is 3.98. The largest absolute Gasteiger partial charge is 0.467 e. The minimum Gasteiger partial charge on any atom is -0.467 e. The molecule has 0 amide bonds. The first kappa shape index (κ1) is 13.4. The minimum absolute atomic E-state index is 0.501. The molecule has 0 atom stereocenters. The van der Waals surface area contributed by atoms with E-state index >= 15 is 0 Å². The van der Waals surface area contributed by atoms with E-state index in [0.29, 0.717) is 23.0 Å². The van der Waals surface area contributed by atoms with Gasteiger partial charge in [-0.2, -0.15) is 5.26 Å². The van der Waals surface area contributed by atoms with Crippen molar-refractivity contribution < 1.29 is 4.42 Å². The molecule has 6 nitrogen and oxygen atoms in total. The molecular formula is C14H11N5OS. The molecule has 0 radical (unpaired) electrons. The lowest BCUT2D eigenvalue weighted by molar-refractivity contribution is 0.462. The Balaban J connectivity index is 1.68. The Labute approximate surface area is 125 Å². The van der Waals surface area contributed by atoms with Crippen LogP contribution in [0.3, 0.4) is 0 Å². The van der Waals surface area contributed by atoms with Crippen LogP contribution >= 0.6 is 11.8 Å². The van der Waals surface area contributed by atoms with Gasteiger partial charge in [-0.3, -0.25) is 0 Å². The predicted molar refractivity (Wildman–Crippen MR) is 76.3 cm³/mol. The maximum atomic E-state index is 8.90. The molecule has 3 rings (SSSR count). The van der Waals surface area contributed by atoms with Gasteiger partial charge in [0.05, 0.1) is 17.9 Å². The van der Waals surface area contributed by atoms with Gasteiger partial charge in [-0.1, -0.05) is 23.9 Å². The summed E-state index contributed by atoms with van der Waals surface area (Å²) in [5, 5.41) is 21.3. The van der Waals surface area contributed by atoms with Crippen molar-refractivity contribution in [1.29, 1.82) is 5.26 Å². The van der Waals surface area contributed by atoms with Gasteiger partial charge in [0.2, 0.25) is 5.16 Å². The molecule has 0 fully saturated rings. The third kappa shape index (κ3) is 3.30. The Bertz CT molecular complexity index is 760. The van der Waals surface area contributed by atoms with E-state index in [0.717, 1.165) is 11.3 Å². The Hall–Kier alpha value is -2.59. The second kappa shape index (κ2) is 6.24. The lowest BCUT2D eigenvalue weighted by Crippen LogP contribution is -2.03. The summed E-state index contributed by atoms with van der Waals surface area (Å²) < 4.78 is 6.99. The highest BCUT2D eigenvalue weighted by Crippen LogP contribution is 2.21. The molecular weight excluding hydrogens is 286 g/mol. The number of rotatable bonds is 5. The van der Waals surface area contributed by atoms with Crippen LogP contribution in [0.5, 0.6) is 0 Å². The van der Waals surface area contributed by atoms with Crippen LogP contribution in [0.4, 0.5) is 0 Å². The van der Waals surface area contributed by atoms with Gasteiger partial charge in [-0.05, 0) is 40.3 Å². The molecule has 7 heteroatoms. The van der Waals surface area contributed by atoms with Crippen molar-refractivity contribution in [2.45, 2.75) is 17.5 Å². The molecule has 0 bridgehead atoms. The van der Waals surface area contributed by atoms with E-state index in [9.17, 15) is 0 Å². The van der Waals surface area contributed by atoms with Crippen molar-refractivity contribution in [3.05, 3.63) is 59.5 Å². The van der Waals surface area contributed by atoms with Crippen molar-refractivity contribution in [3.63, 3.8) is 0 Å². The SMILES string of the molecule is N#Cc1cccc(CSc2nnnn2Cc2ccco2)c1.